The van der Waals surface area contributed by atoms with Crippen molar-refractivity contribution >= 4 is 23.2 Å². The van der Waals surface area contributed by atoms with Gasteiger partial charge in [-0.1, -0.05) is 44.2 Å². The highest BCUT2D eigenvalue weighted by molar-refractivity contribution is 6.04. The first-order valence-electron chi connectivity index (χ1n) is 9.16. The van der Waals surface area contributed by atoms with Crippen LogP contribution in [0.4, 0.5) is 17.3 Å². The van der Waals surface area contributed by atoms with Crippen molar-refractivity contribution in [3.05, 3.63) is 77.1 Å². The fourth-order valence-electron chi connectivity index (χ4n) is 2.91. The molecule has 0 aliphatic carbocycles. The molecular formula is C22H21N5O. The highest BCUT2D eigenvalue weighted by Gasteiger charge is 2.12. The second-order valence-electron chi connectivity index (χ2n) is 6.19. The molecule has 0 saturated heterocycles. The van der Waals surface area contributed by atoms with Gasteiger partial charge in [-0.15, -0.1) is 0 Å². The third-order valence-corrected chi connectivity index (χ3v) is 4.45. The van der Waals surface area contributed by atoms with E-state index >= 15 is 0 Å². The molecule has 3 rings (SSSR count). The van der Waals surface area contributed by atoms with Crippen molar-refractivity contribution in [2.75, 3.05) is 10.6 Å². The summed E-state index contributed by atoms with van der Waals surface area (Å²) in [4.78, 5) is 21.0. The Labute approximate surface area is 164 Å². The van der Waals surface area contributed by atoms with Crippen LogP contribution < -0.4 is 10.6 Å². The number of amides is 1. The fraction of sp³-hybridized carbons (Fsp3) is 0.182. The van der Waals surface area contributed by atoms with Crippen molar-refractivity contribution in [2.45, 2.75) is 26.7 Å². The van der Waals surface area contributed by atoms with Gasteiger partial charge in [0, 0.05) is 18.1 Å². The van der Waals surface area contributed by atoms with Crippen LogP contribution >= 0.6 is 0 Å². The summed E-state index contributed by atoms with van der Waals surface area (Å²) >= 11 is 0. The van der Waals surface area contributed by atoms with Gasteiger partial charge in [0.1, 0.15) is 6.07 Å². The van der Waals surface area contributed by atoms with Crippen LogP contribution in [0.25, 0.3) is 0 Å². The summed E-state index contributed by atoms with van der Waals surface area (Å²) < 4.78 is 0. The van der Waals surface area contributed by atoms with Crippen LogP contribution in [0, 0.1) is 11.3 Å². The number of nitrogens with zero attached hydrogens (tertiary/aromatic N) is 3. The van der Waals surface area contributed by atoms with Gasteiger partial charge in [-0.05, 0) is 36.1 Å². The molecule has 0 saturated carbocycles. The summed E-state index contributed by atoms with van der Waals surface area (Å²) in [5.41, 5.74) is 4.58. The first-order valence-corrected chi connectivity index (χ1v) is 9.16. The highest BCUT2D eigenvalue weighted by Crippen LogP contribution is 2.25. The normalized spacial score (nSPS) is 10.2. The molecule has 140 valence electrons. The Balaban J connectivity index is 1.77. The molecule has 0 aliphatic heterocycles. The zero-order valence-electron chi connectivity index (χ0n) is 15.9. The Hall–Kier alpha value is -3.72. The van der Waals surface area contributed by atoms with Gasteiger partial charge in [0.15, 0.2) is 0 Å². The minimum atomic E-state index is -0.363. The Kier molecular flexibility index (Phi) is 5.97. The highest BCUT2D eigenvalue weighted by atomic mass is 16.1. The van der Waals surface area contributed by atoms with Gasteiger partial charge in [0.25, 0.3) is 5.91 Å². The van der Waals surface area contributed by atoms with E-state index in [1.165, 1.54) is 23.5 Å². The molecule has 0 aliphatic rings. The zero-order chi connectivity index (χ0) is 19.9. The Bertz CT molecular complexity index is 1000. The van der Waals surface area contributed by atoms with Crippen LogP contribution in [0.15, 0.2) is 54.9 Å². The largest absolute Gasteiger partial charge is 0.324 e. The molecule has 28 heavy (non-hydrogen) atoms. The summed E-state index contributed by atoms with van der Waals surface area (Å²) in [6.45, 7) is 4.21. The van der Waals surface area contributed by atoms with Crippen LogP contribution in [0.1, 0.15) is 40.9 Å². The number of carbonyl (C=O) groups excluding carboxylic acids is 1. The molecule has 0 fully saturated rings. The topological polar surface area (TPSA) is 90.7 Å². The lowest BCUT2D eigenvalue weighted by atomic mass is 10.0. The molecule has 0 unspecified atom stereocenters. The first kappa shape index (κ1) is 19.1. The van der Waals surface area contributed by atoms with Gasteiger partial charge in [-0.25, -0.2) is 9.97 Å². The molecule has 3 aromatic rings. The number of nitrogens with one attached hydrogen (secondary N) is 2. The molecule has 1 aromatic heterocycles. The van der Waals surface area contributed by atoms with E-state index in [1.807, 2.05) is 0 Å². The van der Waals surface area contributed by atoms with Gasteiger partial charge < -0.3 is 10.6 Å². The van der Waals surface area contributed by atoms with Crippen molar-refractivity contribution in [1.82, 2.24) is 9.97 Å². The second kappa shape index (κ2) is 8.78. The van der Waals surface area contributed by atoms with Crippen LogP contribution in [-0.4, -0.2) is 15.9 Å². The SMILES string of the molecule is CCc1cccc(CC)c1Nc1ncc(C(=O)Nc2ccccc2C#N)cn1. The van der Waals surface area contributed by atoms with Crippen LogP contribution in [0.2, 0.25) is 0 Å². The number of nitriles is 1. The van der Waals surface area contributed by atoms with Gasteiger partial charge in [0.2, 0.25) is 5.95 Å². The molecule has 0 atom stereocenters. The van der Waals surface area contributed by atoms with E-state index in [0.717, 1.165) is 18.5 Å². The predicted molar refractivity (Wildman–Crippen MR) is 110 cm³/mol. The number of anilines is 3. The fourth-order valence-corrected chi connectivity index (χ4v) is 2.91. The number of carbonyl (C=O) groups is 1. The number of hydrogen-bond donors (Lipinski definition) is 2. The summed E-state index contributed by atoms with van der Waals surface area (Å²) in [5, 5.41) is 15.1. The lowest BCUT2D eigenvalue weighted by Gasteiger charge is -2.14. The second-order valence-corrected chi connectivity index (χ2v) is 6.19. The van der Waals surface area contributed by atoms with E-state index in [2.05, 4.69) is 58.7 Å². The number of aryl methyl sites for hydroxylation is 2. The summed E-state index contributed by atoms with van der Waals surface area (Å²) in [5.74, 6) is 0.0713. The van der Waals surface area contributed by atoms with E-state index in [-0.39, 0.29) is 5.91 Å². The van der Waals surface area contributed by atoms with Crippen LogP contribution in [0.3, 0.4) is 0 Å². The average Bonchev–Trinajstić information content (AvgIpc) is 2.74. The van der Waals surface area contributed by atoms with E-state index < -0.39 is 0 Å². The summed E-state index contributed by atoms with van der Waals surface area (Å²) in [6.07, 6.45) is 4.74. The molecule has 2 N–H and O–H groups in total. The smallest absolute Gasteiger partial charge is 0.258 e. The standard InChI is InChI=1S/C22H21N5O/c1-3-15-9-7-10-16(4-2)20(15)27-22-24-13-18(14-25-22)21(28)26-19-11-6-5-8-17(19)12-23/h5-11,13-14H,3-4H2,1-2H3,(H,26,28)(H,24,25,27). The molecule has 1 heterocycles. The number of aromatic nitrogens is 2. The maximum absolute atomic E-state index is 12.4. The minimum Gasteiger partial charge on any atom is -0.324 e. The van der Waals surface area contributed by atoms with Crippen LogP contribution in [0.5, 0.6) is 0 Å². The van der Waals surface area contributed by atoms with E-state index in [1.54, 1.807) is 24.3 Å². The van der Waals surface area contributed by atoms with E-state index in [9.17, 15) is 4.79 Å². The third-order valence-electron chi connectivity index (χ3n) is 4.45. The molecule has 1 amide bonds. The van der Waals surface area contributed by atoms with Crippen molar-refractivity contribution in [3.63, 3.8) is 0 Å². The van der Waals surface area contributed by atoms with Crippen LogP contribution in [-0.2, 0) is 12.8 Å². The Morgan fingerprint density at radius 2 is 1.64 bits per heavy atom. The molecular weight excluding hydrogens is 350 g/mol. The van der Waals surface area contributed by atoms with E-state index in [4.69, 9.17) is 5.26 Å². The van der Waals surface area contributed by atoms with Gasteiger partial charge >= 0.3 is 0 Å². The molecule has 2 aromatic carbocycles. The average molecular weight is 371 g/mol. The third kappa shape index (κ3) is 4.15. The molecule has 6 heteroatoms. The van der Waals surface area contributed by atoms with Gasteiger partial charge in [-0.3, -0.25) is 4.79 Å². The van der Waals surface area contributed by atoms with Crippen molar-refractivity contribution in [1.29, 1.82) is 5.26 Å². The molecule has 0 bridgehead atoms. The summed E-state index contributed by atoms with van der Waals surface area (Å²) in [6, 6.07) is 15.1. The molecule has 6 nitrogen and oxygen atoms in total. The predicted octanol–water partition coefficient (Wildman–Crippen LogP) is 4.47. The molecule has 0 radical (unpaired) electrons. The Morgan fingerprint density at radius 3 is 2.25 bits per heavy atom. The monoisotopic (exact) mass is 371 g/mol. The van der Waals surface area contributed by atoms with Crippen molar-refractivity contribution in [2.24, 2.45) is 0 Å². The summed E-state index contributed by atoms with van der Waals surface area (Å²) in [7, 11) is 0. The number of para-hydroxylation sites is 2. The van der Waals surface area contributed by atoms with Crippen molar-refractivity contribution < 1.29 is 4.79 Å². The van der Waals surface area contributed by atoms with Gasteiger partial charge in [-0.2, -0.15) is 5.26 Å². The molecule has 0 spiro atoms. The van der Waals surface area contributed by atoms with E-state index in [0.29, 0.717) is 22.8 Å². The maximum Gasteiger partial charge on any atom is 0.258 e. The Morgan fingerprint density at radius 1 is 1.00 bits per heavy atom. The minimum absolute atomic E-state index is 0.317. The number of hydrogen-bond acceptors (Lipinski definition) is 5. The lowest BCUT2D eigenvalue weighted by Crippen LogP contribution is -2.14. The number of rotatable bonds is 6. The first-order chi connectivity index (χ1) is 13.7. The lowest BCUT2D eigenvalue weighted by molar-refractivity contribution is 0.102. The quantitative estimate of drug-likeness (QED) is 0.667. The zero-order valence-corrected chi connectivity index (χ0v) is 15.9. The number of benzene rings is 2. The van der Waals surface area contributed by atoms with Crippen molar-refractivity contribution in [3.8, 4) is 6.07 Å². The maximum atomic E-state index is 12.4. The van der Waals surface area contributed by atoms with Gasteiger partial charge in [0.05, 0.1) is 16.8 Å².